The third-order valence-electron chi connectivity index (χ3n) is 5.95. The molecule has 29 heavy (non-hydrogen) atoms. The summed E-state index contributed by atoms with van der Waals surface area (Å²) in [7, 11) is 0. The molecular formula is C24H29N3O2. The first kappa shape index (κ1) is 19.6. The standard InChI is InChI=1S/C24H29N3O2/c28-23(12-11-21-15-20-5-1-2-6-22(20)26-24(21)29)25-16-18-7-9-19(10-8-18)17-27-13-3-4-14-27/h1-2,5-10,21H,3-4,11-17H2,(H,25,28)(H,26,29)/t21-/m0/s1. The van der Waals surface area contributed by atoms with Gasteiger partial charge in [0.1, 0.15) is 0 Å². The predicted octanol–water partition coefficient (Wildman–Crippen LogP) is 3.49. The number of carbonyl (C=O) groups excluding carboxylic acids is 2. The number of nitrogens with zero attached hydrogens (tertiary/aromatic N) is 1. The molecule has 0 saturated carbocycles. The second kappa shape index (κ2) is 9.23. The van der Waals surface area contributed by atoms with Gasteiger partial charge in [0, 0.05) is 31.1 Å². The summed E-state index contributed by atoms with van der Waals surface area (Å²) >= 11 is 0. The molecule has 1 fully saturated rings. The zero-order valence-corrected chi connectivity index (χ0v) is 16.8. The van der Waals surface area contributed by atoms with E-state index in [-0.39, 0.29) is 17.7 Å². The first-order valence-electron chi connectivity index (χ1n) is 10.6. The smallest absolute Gasteiger partial charge is 0.227 e. The Bertz CT molecular complexity index is 857. The SMILES string of the molecule is O=C(CC[C@H]1Cc2ccccc2NC1=O)NCc1ccc(CN2CCCC2)cc1. The number of likely N-dealkylation sites (tertiary alicyclic amines) is 1. The van der Waals surface area contributed by atoms with E-state index in [1.54, 1.807) is 0 Å². The maximum Gasteiger partial charge on any atom is 0.227 e. The Morgan fingerprint density at radius 2 is 1.76 bits per heavy atom. The highest BCUT2D eigenvalue weighted by Gasteiger charge is 2.26. The summed E-state index contributed by atoms with van der Waals surface area (Å²) in [6, 6.07) is 16.4. The summed E-state index contributed by atoms with van der Waals surface area (Å²) in [4.78, 5) is 27.0. The fraction of sp³-hybridized carbons (Fsp3) is 0.417. The minimum absolute atomic E-state index is 0.00204. The van der Waals surface area contributed by atoms with Crippen molar-refractivity contribution in [1.29, 1.82) is 0 Å². The summed E-state index contributed by atoms with van der Waals surface area (Å²) in [5, 5.41) is 5.93. The van der Waals surface area contributed by atoms with Crippen LogP contribution in [0.15, 0.2) is 48.5 Å². The number of hydrogen-bond acceptors (Lipinski definition) is 3. The van der Waals surface area contributed by atoms with Gasteiger partial charge in [-0.1, -0.05) is 42.5 Å². The van der Waals surface area contributed by atoms with Crippen LogP contribution in [-0.2, 0) is 29.1 Å². The molecule has 0 spiro atoms. The van der Waals surface area contributed by atoms with Gasteiger partial charge >= 0.3 is 0 Å². The number of nitrogens with one attached hydrogen (secondary N) is 2. The fourth-order valence-corrected chi connectivity index (χ4v) is 4.20. The van der Waals surface area contributed by atoms with Crippen LogP contribution < -0.4 is 10.6 Å². The Morgan fingerprint density at radius 1 is 1.03 bits per heavy atom. The quantitative estimate of drug-likeness (QED) is 0.760. The zero-order valence-electron chi connectivity index (χ0n) is 16.8. The summed E-state index contributed by atoms with van der Waals surface area (Å²) in [6.07, 6.45) is 4.25. The molecule has 2 aromatic carbocycles. The van der Waals surface area contributed by atoms with Gasteiger partial charge in [-0.3, -0.25) is 14.5 Å². The van der Waals surface area contributed by atoms with Gasteiger partial charge in [0.25, 0.3) is 0 Å². The van der Waals surface area contributed by atoms with Gasteiger partial charge in [-0.25, -0.2) is 0 Å². The molecule has 0 radical (unpaired) electrons. The Labute approximate surface area is 172 Å². The van der Waals surface area contributed by atoms with E-state index in [1.807, 2.05) is 24.3 Å². The van der Waals surface area contributed by atoms with Crippen LogP contribution in [0.2, 0.25) is 0 Å². The number of fused-ring (bicyclic) bond motifs is 1. The van der Waals surface area contributed by atoms with Crippen molar-refractivity contribution in [2.45, 2.75) is 45.2 Å². The van der Waals surface area contributed by atoms with E-state index in [0.717, 1.165) is 23.4 Å². The second-order valence-corrected chi connectivity index (χ2v) is 8.16. The van der Waals surface area contributed by atoms with E-state index < -0.39 is 0 Å². The first-order valence-corrected chi connectivity index (χ1v) is 10.6. The number of anilines is 1. The highest BCUT2D eigenvalue weighted by molar-refractivity contribution is 5.96. The third-order valence-corrected chi connectivity index (χ3v) is 5.95. The molecule has 2 aliphatic heterocycles. The molecule has 2 aliphatic rings. The molecule has 2 N–H and O–H groups in total. The molecule has 0 unspecified atom stereocenters. The van der Waals surface area contributed by atoms with E-state index in [2.05, 4.69) is 39.8 Å². The Morgan fingerprint density at radius 3 is 2.55 bits per heavy atom. The molecule has 0 aliphatic carbocycles. The highest BCUT2D eigenvalue weighted by atomic mass is 16.2. The molecule has 152 valence electrons. The molecule has 0 aromatic heterocycles. The molecule has 2 heterocycles. The van der Waals surface area contributed by atoms with Gasteiger partial charge in [0.15, 0.2) is 0 Å². The van der Waals surface area contributed by atoms with Crippen molar-refractivity contribution in [3.05, 3.63) is 65.2 Å². The number of para-hydroxylation sites is 1. The van der Waals surface area contributed by atoms with E-state index in [4.69, 9.17) is 0 Å². The Balaban J connectivity index is 1.20. The van der Waals surface area contributed by atoms with Crippen LogP contribution in [0.3, 0.4) is 0 Å². The predicted molar refractivity (Wildman–Crippen MR) is 114 cm³/mol. The molecule has 4 rings (SSSR count). The third kappa shape index (κ3) is 5.24. The molecule has 2 amide bonds. The van der Waals surface area contributed by atoms with Crippen LogP contribution in [-0.4, -0.2) is 29.8 Å². The normalized spacial score (nSPS) is 18.9. The molecule has 2 aromatic rings. The van der Waals surface area contributed by atoms with Gasteiger partial charge in [-0.2, -0.15) is 0 Å². The highest BCUT2D eigenvalue weighted by Crippen LogP contribution is 2.27. The van der Waals surface area contributed by atoms with E-state index in [9.17, 15) is 9.59 Å². The Kier molecular flexibility index (Phi) is 6.25. The van der Waals surface area contributed by atoms with Crippen molar-refractivity contribution in [3.63, 3.8) is 0 Å². The molecule has 1 atom stereocenters. The van der Waals surface area contributed by atoms with Gasteiger partial charge in [-0.15, -0.1) is 0 Å². The minimum atomic E-state index is -0.138. The second-order valence-electron chi connectivity index (χ2n) is 8.16. The number of carbonyl (C=O) groups is 2. The number of hydrogen-bond donors (Lipinski definition) is 2. The van der Waals surface area contributed by atoms with Crippen molar-refractivity contribution in [2.24, 2.45) is 5.92 Å². The van der Waals surface area contributed by atoms with Crippen molar-refractivity contribution >= 4 is 17.5 Å². The van der Waals surface area contributed by atoms with Gasteiger partial charge in [-0.05, 0) is 61.5 Å². The van der Waals surface area contributed by atoms with Crippen LogP contribution in [0, 0.1) is 5.92 Å². The van der Waals surface area contributed by atoms with E-state index in [0.29, 0.717) is 25.8 Å². The molecule has 5 heteroatoms. The topological polar surface area (TPSA) is 61.4 Å². The number of amides is 2. The van der Waals surface area contributed by atoms with Crippen molar-refractivity contribution in [3.8, 4) is 0 Å². The fourth-order valence-electron chi connectivity index (χ4n) is 4.20. The zero-order chi connectivity index (χ0) is 20.1. The number of rotatable bonds is 7. The van der Waals surface area contributed by atoms with Crippen molar-refractivity contribution in [1.82, 2.24) is 10.2 Å². The molecule has 1 saturated heterocycles. The van der Waals surface area contributed by atoms with Crippen LogP contribution in [0.25, 0.3) is 0 Å². The average molecular weight is 392 g/mol. The first-order chi connectivity index (χ1) is 14.2. The maximum absolute atomic E-state index is 12.3. The lowest BCUT2D eigenvalue weighted by molar-refractivity contribution is -0.122. The monoisotopic (exact) mass is 391 g/mol. The van der Waals surface area contributed by atoms with Crippen LogP contribution in [0.5, 0.6) is 0 Å². The maximum atomic E-state index is 12.3. The van der Waals surface area contributed by atoms with Crippen LogP contribution in [0.1, 0.15) is 42.4 Å². The summed E-state index contributed by atoms with van der Waals surface area (Å²) in [5.41, 5.74) is 4.47. The van der Waals surface area contributed by atoms with Crippen LogP contribution >= 0.6 is 0 Å². The summed E-state index contributed by atoms with van der Waals surface area (Å²) in [6.45, 7) is 3.94. The van der Waals surface area contributed by atoms with Crippen molar-refractivity contribution in [2.75, 3.05) is 18.4 Å². The Hall–Kier alpha value is -2.66. The summed E-state index contributed by atoms with van der Waals surface area (Å²) in [5.74, 6) is -0.122. The van der Waals surface area contributed by atoms with Gasteiger partial charge in [0.2, 0.25) is 11.8 Å². The van der Waals surface area contributed by atoms with Crippen LogP contribution in [0.4, 0.5) is 5.69 Å². The lowest BCUT2D eigenvalue weighted by atomic mass is 9.89. The van der Waals surface area contributed by atoms with Gasteiger partial charge < -0.3 is 10.6 Å². The largest absolute Gasteiger partial charge is 0.352 e. The van der Waals surface area contributed by atoms with E-state index >= 15 is 0 Å². The lowest BCUT2D eigenvalue weighted by Gasteiger charge is -2.24. The minimum Gasteiger partial charge on any atom is -0.352 e. The van der Waals surface area contributed by atoms with E-state index in [1.165, 1.54) is 31.5 Å². The molecular weight excluding hydrogens is 362 g/mol. The average Bonchev–Trinajstić information content (AvgIpc) is 3.25. The lowest BCUT2D eigenvalue weighted by Crippen LogP contribution is -2.31. The number of benzene rings is 2. The molecule has 5 nitrogen and oxygen atoms in total. The van der Waals surface area contributed by atoms with Gasteiger partial charge in [0.05, 0.1) is 0 Å². The summed E-state index contributed by atoms with van der Waals surface area (Å²) < 4.78 is 0. The molecule has 0 bridgehead atoms. The van der Waals surface area contributed by atoms with Crippen molar-refractivity contribution < 1.29 is 9.59 Å².